The van der Waals surface area contributed by atoms with Crippen LogP contribution >= 0.6 is 0 Å². The number of rotatable bonds is 10. The minimum atomic E-state index is -0.948. The van der Waals surface area contributed by atoms with Crippen molar-refractivity contribution >= 4 is 12.0 Å². The highest BCUT2D eigenvalue weighted by molar-refractivity contribution is 5.87. The number of benzene rings is 1. The second kappa shape index (κ2) is 10.6. The summed E-state index contributed by atoms with van der Waals surface area (Å²) in [4.78, 5) is 27.3. The normalized spacial score (nSPS) is 10.7. The Balaban J connectivity index is 2.53. The first kappa shape index (κ1) is 20.0. The molecule has 2 amide bonds. The Kier molecular flexibility index (Phi) is 8.86. The predicted octanol–water partition coefficient (Wildman–Crippen LogP) is 2.65. The number of nitrogens with one attached hydrogen (secondary N) is 1. The maximum absolute atomic E-state index is 12.4. The number of amides is 2. The fourth-order valence-electron chi connectivity index (χ4n) is 2.44. The number of hydrogen-bond donors (Lipinski definition) is 2. The average molecular weight is 335 g/mol. The van der Waals surface area contributed by atoms with Crippen LogP contribution in [-0.2, 0) is 6.54 Å². The highest BCUT2D eigenvalue weighted by Crippen LogP contribution is 2.05. The van der Waals surface area contributed by atoms with Crippen molar-refractivity contribution in [1.82, 2.24) is 15.1 Å². The van der Waals surface area contributed by atoms with Gasteiger partial charge in [0.2, 0.25) is 0 Å². The summed E-state index contributed by atoms with van der Waals surface area (Å²) in [7, 11) is 0. The van der Waals surface area contributed by atoms with Gasteiger partial charge in [0.05, 0.1) is 5.56 Å². The van der Waals surface area contributed by atoms with Crippen molar-refractivity contribution < 1.29 is 14.7 Å². The van der Waals surface area contributed by atoms with Crippen LogP contribution in [0.2, 0.25) is 0 Å². The van der Waals surface area contributed by atoms with Crippen LogP contribution in [0.15, 0.2) is 24.3 Å². The Bertz CT molecular complexity index is 513. The summed E-state index contributed by atoms with van der Waals surface area (Å²) in [6.45, 7) is 11.0. The SMILES string of the molecule is CCCN(CCN(CC)CC)C(=O)NCc1ccc(C(=O)O)cc1. The zero-order chi connectivity index (χ0) is 17.9. The highest BCUT2D eigenvalue weighted by Gasteiger charge is 2.13. The van der Waals surface area contributed by atoms with Crippen molar-refractivity contribution in [2.24, 2.45) is 0 Å². The Morgan fingerprint density at radius 2 is 1.62 bits per heavy atom. The second-order valence-electron chi connectivity index (χ2n) is 5.67. The van der Waals surface area contributed by atoms with Crippen LogP contribution in [0.1, 0.15) is 43.1 Å². The van der Waals surface area contributed by atoms with Gasteiger partial charge < -0.3 is 20.2 Å². The quantitative estimate of drug-likeness (QED) is 0.689. The van der Waals surface area contributed by atoms with Gasteiger partial charge in [0.1, 0.15) is 0 Å². The lowest BCUT2D eigenvalue weighted by atomic mass is 10.1. The van der Waals surface area contributed by atoms with Gasteiger partial charge in [-0.15, -0.1) is 0 Å². The molecule has 24 heavy (non-hydrogen) atoms. The van der Waals surface area contributed by atoms with Crippen molar-refractivity contribution in [3.05, 3.63) is 35.4 Å². The fourth-order valence-corrected chi connectivity index (χ4v) is 2.44. The largest absolute Gasteiger partial charge is 0.478 e. The van der Waals surface area contributed by atoms with Crippen molar-refractivity contribution in [3.63, 3.8) is 0 Å². The Morgan fingerprint density at radius 1 is 1.00 bits per heavy atom. The molecule has 134 valence electrons. The van der Waals surface area contributed by atoms with E-state index in [1.807, 2.05) is 4.90 Å². The minimum Gasteiger partial charge on any atom is -0.478 e. The summed E-state index contributed by atoms with van der Waals surface area (Å²) in [5, 5.41) is 11.8. The fraction of sp³-hybridized carbons (Fsp3) is 0.556. The number of likely N-dealkylation sites (N-methyl/N-ethyl adjacent to an activating group) is 1. The Morgan fingerprint density at radius 3 is 2.12 bits per heavy atom. The van der Waals surface area contributed by atoms with E-state index >= 15 is 0 Å². The van der Waals surface area contributed by atoms with Crippen molar-refractivity contribution in [3.8, 4) is 0 Å². The summed E-state index contributed by atoms with van der Waals surface area (Å²) in [5.41, 5.74) is 1.13. The average Bonchev–Trinajstić information content (AvgIpc) is 2.59. The molecule has 0 aromatic heterocycles. The van der Waals surface area contributed by atoms with E-state index in [9.17, 15) is 9.59 Å². The maximum Gasteiger partial charge on any atom is 0.335 e. The molecule has 0 saturated heterocycles. The molecule has 0 aliphatic rings. The van der Waals surface area contributed by atoms with Crippen LogP contribution in [0.3, 0.4) is 0 Å². The molecule has 0 bridgehead atoms. The van der Waals surface area contributed by atoms with Gasteiger partial charge in [-0.25, -0.2) is 9.59 Å². The number of carbonyl (C=O) groups is 2. The van der Waals surface area contributed by atoms with Crippen LogP contribution in [-0.4, -0.2) is 59.6 Å². The van der Waals surface area contributed by atoms with E-state index in [4.69, 9.17) is 5.11 Å². The summed E-state index contributed by atoms with van der Waals surface area (Å²) >= 11 is 0. The summed E-state index contributed by atoms with van der Waals surface area (Å²) in [6.07, 6.45) is 0.916. The van der Waals surface area contributed by atoms with E-state index in [0.717, 1.165) is 38.2 Å². The van der Waals surface area contributed by atoms with Crippen molar-refractivity contribution in [2.45, 2.75) is 33.7 Å². The topological polar surface area (TPSA) is 72.9 Å². The first-order valence-electron chi connectivity index (χ1n) is 8.59. The molecule has 0 radical (unpaired) electrons. The highest BCUT2D eigenvalue weighted by atomic mass is 16.4. The third kappa shape index (κ3) is 6.58. The van der Waals surface area contributed by atoms with Gasteiger partial charge in [-0.1, -0.05) is 32.9 Å². The molecule has 0 atom stereocenters. The summed E-state index contributed by atoms with van der Waals surface area (Å²) in [6, 6.07) is 6.47. The standard InChI is InChI=1S/C18H29N3O3/c1-4-11-21(13-12-20(5-2)6-3)18(24)19-14-15-7-9-16(10-8-15)17(22)23/h7-10H,4-6,11-14H2,1-3H3,(H,19,24)(H,22,23). The van der Waals surface area contributed by atoms with E-state index in [0.29, 0.717) is 13.1 Å². The van der Waals surface area contributed by atoms with Gasteiger partial charge in [0, 0.05) is 26.2 Å². The molecular formula is C18H29N3O3. The van der Waals surface area contributed by atoms with Gasteiger partial charge in [-0.3, -0.25) is 0 Å². The zero-order valence-electron chi connectivity index (χ0n) is 14.9. The van der Waals surface area contributed by atoms with E-state index in [-0.39, 0.29) is 11.6 Å². The molecule has 0 aliphatic carbocycles. The van der Waals surface area contributed by atoms with Crippen LogP contribution in [0, 0.1) is 0 Å². The minimum absolute atomic E-state index is 0.0775. The number of carboxylic acids is 1. The molecule has 0 fully saturated rings. The van der Waals surface area contributed by atoms with Crippen LogP contribution in [0.4, 0.5) is 4.79 Å². The maximum atomic E-state index is 12.4. The zero-order valence-corrected chi connectivity index (χ0v) is 14.9. The molecular weight excluding hydrogens is 306 g/mol. The number of hydrogen-bond acceptors (Lipinski definition) is 3. The lowest BCUT2D eigenvalue weighted by molar-refractivity contribution is 0.0697. The second-order valence-corrected chi connectivity index (χ2v) is 5.67. The smallest absolute Gasteiger partial charge is 0.335 e. The van der Waals surface area contributed by atoms with Crippen molar-refractivity contribution in [1.29, 1.82) is 0 Å². The van der Waals surface area contributed by atoms with E-state index in [2.05, 4.69) is 31.0 Å². The monoisotopic (exact) mass is 335 g/mol. The van der Waals surface area contributed by atoms with E-state index in [1.165, 1.54) is 0 Å². The molecule has 0 saturated carbocycles. The Labute approximate surface area is 144 Å². The lowest BCUT2D eigenvalue weighted by Crippen LogP contribution is -2.44. The number of nitrogens with zero attached hydrogens (tertiary/aromatic N) is 2. The summed E-state index contributed by atoms with van der Waals surface area (Å²) in [5.74, 6) is -0.948. The van der Waals surface area contributed by atoms with E-state index in [1.54, 1.807) is 24.3 Å². The van der Waals surface area contributed by atoms with Gasteiger partial charge >= 0.3 is 12.0 Å². The molecule has 1 rings (SSSR count). The first-order chi connectivity index (χ1) is 11.5. The van der Waals surface area contributed by atoms with Gasteiger partial charge in [-0.05, 0) is 37.2 Å². The predicted molar refractivity (Wildman–Crippen MR) is 95.3 cm³/mol. The third-order valence-electron chi connectivity index (χ3n) is 4.01. The molecule has 0 spiro atoms. The number of carboxylic acid groups (broad SMARTS) is 1. The molecule has 6 nitrogen and oxygen atoms in total. The molecule has 0 unspecified atom stereocenters. The molecule has 2 N–H and O–H groups in total. The number of carbonyl (C=O) groups excluding carboxylic acids is 1. The lowest BCUT2D eigenvalue weighted by Gasteiger charge is -2.26. The summed E-state index contributed by atoms with van der Waals surface area (Å²) < 4.78 is 0. The molecule has 1 aromatic rings. The van der Waals surface area contributed by atoms with Crippen LogP contribution < -0.4 is 5.32 Å². The number of urea groups is 1. The van der Waals surface area contributed by atoms with Crippen LogP contribution in [0.5, 0.6) is 0 Å². The van der Waals surface area contributed by atoms with E-state index < -0.39 is 5.97 Å². The Hall–Kier alpha value is -2.08. The van der Waals surface area contributed by atoms with Gasteiger partial charge in [0.25, 0.3) is 0 Å². The molecule has 0 aliphatic heterocycles. The number of aromatic carboxylic acids is 1. The van der Waals surface area contributed by atoms with Crippen LogP contribution in [0.25, 0.3) is 0 Å². The molecule has 0 heterocycles. The van der Waals surface area contributed by atoms with Crippen molar-refractivity contribution in [2.75, 3.05) is 32.7 Å². The van der Waals surface area contributed by atoms with Gasteiger partial charge in [-0.2, -0.15) is 0 Å². The van der Waals surface area contributed by atoms with Gasteiger partial charge in [0.15, 0.2) is 0 Å². The molecule has 1 aromatic carbocycles. The first-order valence-corrected chi connectivity index (χ1v) is 8.59. The molecule has 6 heteroatoms. The third-order valence-corrected chi connectivity index (χ3v) is 4.01.